The Bertz CT molecular complexity index is 661. The molecule has 4 atom stereocenters. The molecule has 0 aliphatic carbocycles. The third-order valence-corrected chi connectivity index (χ3v) is 3.41. The molecular weight excluding hydrogens is 280 g/mol. The maximum absolute atomic E-state index is 10.1. The van der Waals surface area contributed by atoms with Gasteiger partial charge >= 0.3 is 0 Å². The van der Waals surface area contributed by atoms with Crippen LogP contribution >= 0.6 is 0 Å². The van der Waals surface area contributed by atoms with Crippen molar-refractivity contribution in [1.82, 2.24) is 19.5 Å². The van der Waals surface area contributed by atoms with Gasteiger partial charge in [-0.25, -0.2) is 4.98 Å². The summed E-state index contributed by atoms with van der Waals surface area (Å²) in [6.07, 6.45) is -2.34. The van der Waals surface area contributed by atoms with Crippen molar-refractivity contribution in [3.8, 4) is 0 Å². The van der Waals surface area contributed by atoms with E-state index in [9.17, 15) is 10.2 Å². The number of aliphatic hydroxyl groups is 2. The SMILES string of the molecule is COC[C@H]1O[C@@H](n2cnc3c(N)nc(N)nc32)[C@H](O)[C@@H]1O. The van der Waals surface area contributed by atoms with Crippen molar-refractivity contribution in [3.05, 3.63) is 6.33 Å². The number of nitrogens with two attached hydrogens (primary N) is 2. The minimum absolute atomic E-state index is 0.0109. The van der Waals surface area contributed by atoms with Crippen LogP contribution in [0.3, 0.4) is 0 Å². The Kier molecular flexibility index (Phi) is 3.37. The lowest BCUT2D eigenvalue weighted by molar-refractivity contribution is -0.0580. The number of hydrogen-bond acceptors (Lipinski definition) is 9. The largest absolute Gasteiger partial charge is 0.387 e. The number of rotatable bonds is 3. The van der Waals surface area contributed by atoms with Crippen LogP contribution in [0.25, 0.3) is 11.2 Å². The lowest BCUT2D eigenvalue weighted by Crippen LogP contribution is -2.33. The van der Waals surface area contributed by atoms with Crippen LogP contribution < -0.4 is 11.5 Å². The third-order valence-electron chi connectivity index (χ3n) is 3.41. The monoisotopic (exact) mass is 296 g/mol. The van der Waals surface area contributed by atoms with E-state index >= 15 is 0 Å². The Hall–Kier alpha value is -2.01. The summed E-state index contributed by atoms with van der Waals surface area (Å²) in [6.45, 7) is 0.153. The maximum Gasteiger partial charge on any atom is 0.224 e. The van der Waals surface area contributed by atoms with Gasteiger partial charge in [0.2, 0.25) is 5.95 Å². The van der Waals surface area contributed by atoms with E-state index in [0.717, 1.165) is 0 Å². The molecule has 0 aromatic carbocycles. The first-order valence-electron chi connectivity index (χ1n) is 6.29. The molecule has 1 aliphatic heterocycles. The number of imidazole rings is 1. The topological polar surface area (TPSA) is 155 Å². The number of nitrogen functional groups attached to an aromatic ring is 2. The molecule has 2 aromatic heterocycles. The van der Waals surface area contributed by atoms with Crippen LogP contribution in [0.15, 0.2) is 6.33 Å². The van der Waals surface area contributed by atoms with Gasteiger partial charge in [-0.2, -0.15) is 9.97 Å². The van der Waals surface area contributed by atoms with Gasteiger partial charge in [-0.1, -0.05) is 0 Å². The maximum atomic E-state index is 10.1. The summed E-state index contributed by atoms with van der Waals surface area (Å²) in [5, 5.41) is 20.1. The Morgan fingerprint density at radius 2 is 2.10 bits per heavy atom. The van der Waals surface area contributed by atoms with Crippen LogP contribution in [-0.2, 0) is 9.47 Å². The molecule has 10 nitrogen and oxygen atoms in total. The fourth-order valence-corrected chi connectivity index (χ4v) is 2.40. The van der Waals surface area contributed by atoms with Gasteiger partial charge in [-0.15, -0.1) is 0 Å². The van der Waals surface area contributed by atoms with E-state index in [-0.39, 0.29) is 18.4 Å². The fourth-order valence-electron chi connectivity index (χ4n) is 2.40. The second-order valence-electron chi connectivity index (χ2n) is 4.79. The number of methoxy groups -OCH3 is 1. The van der Waals surface area contributed by atoms with E-state index < -0.39 is 24.5 Å². The van der Waals surface area contributed by atoms with E-state index in [4.69, 9.17) is 20.9 Å². The molecule has 1 saturated heterocycles. The highest BCUT2D eigenvalue weighted by Gasteiger charge is 2.44. The number of nitrogens with zero attached hydrogens (tertiary/aromatic N) is 4. The zero-order valence-electron chi connectivity index (χ0n) is 11.2. The predicted octanol–water partition coefficient (Wildman–Crippen LogP) is -1.74. The van der Waals surface area contributed by atoms with Crippen molar-refractivity contribution in [2.75, 3.05) is 25.2 Å². The standard InChI is InChI=1S/C11H16N6O4/c1-20-2-4-6(18)7(19)10(21-4)17-3-14-5-8(12)15-11(13)16-9(5)17/h3-4,6-7,10,18-19H,2H2,1H3,(H4,12,13,15,16)/t4-,6-,7-,10-/m1/s1. The van der Waals surface area contributed by atoms with E-state index in [1.54, 1.807) is 0 Å². The number of aliphatic hydroxyl groups excluding tert-OH is 2. The first-order valence-corrected chi connectivity index (χ1v) is 6.29. The van der Waals surface area contributed by atoms with Crippen LogP contribution in [0, 0.1) is 0 Å². The van der Waals surface area contributed by atoms with Crippen LogP contribution in [0.4, 0.5) is 11.8 Å². The second-order valence-corrected chi connectivity index (χ2v) is 4.79. The number of fused-ring (bicyclic) bond motifs is 1. The van der Waals surface area contributed by atoms with Gasteiger partial charge in [-0.3, -0.25) is 4.57 Å². The van der Waals surface area contributed by atoms with Gasteiger partial charge in [0.25, 0.3) is 0 Å². The summed E-state index contributed by atoms with van der Waals surface area (Å²) < 4.78 is 12.0. The van der Waals surface area contributed by atoms with Crippen molar-refractivity contribution in [3.63, 3.8) is 0 Å². The molecule has 114 valence electrons. The van der Waals surface area contributed by atoms with Crippen LogP contribution in [0.5, 0.6) is 0 Å². The molecule has 1 aliphatic rings. The van der Waals surface area contributed by atoms with Crippen LogP contribution in [-0.4, -0.2) is 61.8 Å². The van der Waals surface area contributed by atoms with Gasteiger partial charge in [-0.05, 0) is 0 Å². The van der Waals surface area contributed by atoms with E-state index in [1.165, 1.54) is 18.0 Å². The molecule has 0 bridgehead atoms. The minimum atomic E-state index is -1.15. The molecule has 0 amide bonds. The number of ether oxygens (including phenoxy) is 2. The molecular formula is C11H16N6O4. The van der Waals surface area contributed by atoms with Gasteiger partial charge in [0.05, 0.1) is 12.9 Å². The Morgan fingerprint density at radius 3 is 2.81 bits per heavy atom. The fraction of sp³-hybridized carbons (Fsp3) is 0.545. The highest BCUT2D eigenvalue weighted by molar-refractivity contribution is 5.82. The highest BCUT2D eigenvalue weighted by atomic mass is 16.6. The molecule has 0 saturated carbocycles. The molecule has 3 rings (SSSR count). The van der Waals surface area contributed by atoms with Gasteiger partial charge < -0.3 is 31.2 Å². The molecule has 3 heterocycles. The zero-order valence-corrected chi connectivity index (χ0v) is 11.2. The Morgan fingerprint density at radius 1 is 1.33 bits per heavy atom. The molecule has 21 heavy (non-hydrogen) atoms. The van der Waals surface area contributed by atoms with Crippen molar-refractivity contribution in [2.45, 2.75) is 24.5 Å². The normalized spacial score (nSPS) is 29.3. The van der Waals surface area contributed by atoms with Crippen LogP contribution in [0.2, 0.25) is 0 Å². The summed E-state index contributed by atoms with van der Waals surface area (Å²) in [6, 6.07) is 0. The predicted molar refractivity (Wildman–Crippen MR) is 71.9 cm³/mol. The summed E-state index contributed by atoms with van der Waals surface area (Å²) in [4.78, 5) is 12.0. The first kappa shape index (κ1) is 13.9. The summed E-state index contributed by atoms with van der Waals surface area (Å²) in [7, 11) is 1.48. The highest BCUT2D eigenvalue weighted by Crippen LogP contribution is 2.32. The van der Waals surface area contributed by atoms with E-state index in [2.05, 4.69) is 15.0 Å². The smallest absolute Gasteiger partial charge is 0.224 e. The third kappa shape index (κ3) is 2.17. The molecule has 0 spiro atoms. The molecule has 10 heteroatoms. The number of aromatic nitrogens is 4. The van der Waals surface area contributed by atoms with E-state index in [1.807, 2.05) is 0 Å². The van der Waals surface area contributed by atoms with Crippen LogP contribution in [0.1, 0.15) is 6.23 Å². The quantitative estimate of drug-likeness (QED) is 0.516. The van der Waals surface area contributed by atoms with Crippen molar-refractivity contribution >= 4 is 22.9 Å². The average molecular weight is 296 g/mol. The first-order chi connectivity index (χ1) is 10.0. The van der Waals surface area contributed by atoms with Crippen molar-refractivity contribution in [2.24, 2.45) is 0 Å². The minimum Gasteiger partial charge on any atom is -0.387 e. The molecule has 6 N–H and O–H groups in total. The average Bonchev–Trinajstić information content (AvgIpc) is 2.96. The lowest BCUT2D eigenvalue weighted by atomic mass is 10.1. The molecule has 0 radical (unpaired) electrons. The Balaban J connectivity index is 2.01. The molecule has 2 aromatic rings. The molecule has 1 fully saturated rings. The summed E-state index contributed by atoms with van der Waals surface area (Å²) in [5.41, 5.74) is 12.0. The van der Waals surface area contributed by atoms with Crippen molar-refractivity contribution < 1.29 is 19.7 Å². The zero-order chi connectivity index (χ0) is 15.1. The summed E-state index contributed by atoms with van der Waals surface area (Å²) >= 11 is 0. The molecule has 0 unspecified atom stereocenters. The van der Waals surface area contributed by atoms with Gasteiger partial charge in [0.1, 0.15) is 23.8 Å². The summed E-state index contributed by atoms with van der Waals surface area (Å²) in [5.74, 6) is 0.126. The lowest BCUT2D eigenvalue weighted by Gasteiger charge is -2.16. The second kappa shape index (κ2) is 5.07. The van der Waals surface area contributed by atoms with Crippen molar-refractivity contribution in [1.29, 1.82) is 0 Å². The Labute approximate surface area is 119 Å². The number of hydrogen-bond donors (Lipinski definition) is 4. The van der Waals surface area contributed by atoms with E-state index in [0.29, 0.717) is 11.2 Å². The van der Waals surface area contributed by atoms with Gasteiger partial charge in [0.15, 0.2) is 17.7 Å². The van der Waals surface area contributed by atoms with Gasteiger partial charge in [0, 0.05) is 7.11 Å². The number of anilines is 2.